The van der Waals surface area contributed by atoms with Crippen molar-refractivity contribution in [2.45, 2.75) is 50.0 Å². The van der Waals surface area contributed by atoms with Gasteiger partial charge in [0.25, 0.3) is 10.1 Å². The van der Waals surface area contributed by atoms with Crippen molar-refractivity contribution in [3.8, 4) is 33.6 Å². The number of pyridine rings is 2. The smallest absolute Gasteiger partial charge is 0.297 e. The molecule has 3 aromatic rings. The number of ether oxygens (including phenoxy) is 2. The Hall–Kier alpha value is -4.09. The van der Waals surface area contributed by atoms with Gasteiger partial charge in [0.2, 0.25) is 0 Å². The Morgan fingerprint density at radius 2 is 1.69 bits per heavy atom. The summed E-state index contributed by atoms with van der Waals surface area (Å²) in [6.45, 7) is 2.77. The predicted molar refractivity (Wildman–Crippen MR) is 175 cm³/mol. The topological polar surface area (TPSA) is 95.8 Å². The van der Waals surface area contributed by atoms with Crippen LogP contribution in [0, 0.1) is 6.92 Å². The quantitative estimate of drug-likeness (QED) is 0.155. The number of hydrogen-bond acceptors (Lipinski definition) is 8. The molecule has 234 valence electrons. The van der Waals surface area contributed by atoms with Crippen LogP contribution in [0.25, 0.3) is 33.6 Å². The molecule has 3 aliphatic heterocycles. The number of aryl methyl sites for hydroxylation is 1. The molecule has 0 saturated carbocycles. The number of nitrogens with zero attached hydrogens (tertiary/aromatic N) is 4. The highest BCUT2D eigenvalue weighted by atomic mass is 32.2. The number of hydrogen-bond donors (Lipinski definition) is 0. The largest absolute Gasteiger partial charge is 0.363 e. The molecule has 4 heterocycles. The van der Waals surface area contributed by atoms with E-state index < -0.39 is 22.5 Å². The van der Waals surface area contributed by atoms with Gasteiger partial charge in [-0.15, -0.1) is 0 Å². The SMILES string of the molecule is Cc1ccc(S(=O)(=O)OCC(Cn2ccc3cc(-c4ccc(-c5ccc(N(C)C)nc5)cc4)nc-3c2)OC2CCCCO2)cc1. The van der Waals surface area contributed by atoms with Gasteiger partial charge in [0.1, 0.15) is 11.9 Å². The molecule has 0 N–H and O–H groups in total. The van der Waals surface area contributed by atoms with Crippen LogP contribution in [0.1, 0.15) is 24.8 Å². The van der Waals surface area contributed by atoms with Crippen molar-refractivity contribution in [3.05, 3.63) is 97.0 Å². The van der Waals surface area contributed by atoms with Gasteiger partial charge in [-0.1, -0.05) is 42.0 Å². The first-order chi connectivity index (χ1) is 21.7. The first kappa shape index (κ1) is 30.9. The summed E-state index contributed by atoms with van der Waals surface area (Å²) in [6, 6.07) is 23.1. The molecule has 0 spiro atoms. The summed E-state index contributed by atoms with van der Waals surface area (Å²) >= 11 is 0. The maximum atomic E-state index is 12.9. The third-order valence-electron chi connectivity index (χ3n) is 7.90. The molecule has 0 radical (unpaired) electrons. The van der Waals surface area contributed by atoms with Crippen LogP contribution in [0.4, 0.5) is 5.82 Å². The molecule has 3 aliphatic rings. The minimum Gasteiger partial charge on any atom is -0.363 e. The molecule has 10 heteroatoms. The molecule has 0 bridgehead atoms. The molecule has 1 fully saturated rings. The average molecular weight is 627 g/mol. The zero-order valence-corrected chi connectivity index (χ0v) is 26.6. The van der Waals surface area contributed by atoms with E-state index in [0.29, 0.717) is 13.2 Å². The van der Waals surface area contributed by atoms with E-state index >= 15 is 0 Å². The van der Waals surface area contributed by atoms with E-state index in [1.807, 2.05) is 61.2 Å². The van der Waals surface area contributed by atoms with Gasteiger partial charge in [-0.25, -0.2) is 9.97 Å². The molecule has 1 aromatic heterocycles. The molecular weight excluding hydrogens is 588 g/mol. The van der Waals surface area contributed by atoms with E-state index in [1.165, 1.54) is 0 Å². The van der Waals surface area contributed by atoms with Gasteiger partial charge in [0.15, 0.2) is 6.29 Å². The summed E-state index contributed by atoms with van der Waals surface area (Å²) in [5.74, 6) is 0.917. The fraction of sp³-hybridized carbons (Fsp3) is 0.314. The Balaban J connectivity index is 1.17. The van der Waals surface area contributed by atoms with E-state index in [1.54, 1.807) is 24.3 Å². The maximum absolute atomic E-state index is 12.9. The van der Waals surface area contributed by atoms with Crippen molar-refractivity contribution in [3.63, 3.8) is 0 Å². The number of anilines is 1. The van der Waals surface area contributed by atoms with E-state index in [4.69, 9.17) is 18.6 Å². The van der Waals surface area contributed by atoms with E-state index in [9.17, 15) is 8.42 Å². The summed E-state index contributed by atoms with van der Waals surface area (Å²) in [7, 11) is 0.00806. The third-order valence-corrected chi connectivity index (χ3v) is 9.19. The molecule has 0 aliphatic carbocycles. The summed E-state index contributed by atoms with van der Waals surface area (Å²) < 4.78 is 45.3. The summed E-state index contributed by atoms with van der Waals surface area (Å²) in [5, 5.41) is 0. The Morgan fingerprint density at radius 3 is 2.38 bits per heavy atom. The number of fused-ring (bicyclic) bond motifs is 1. The molecule has 45 heavy (non-hydrogen) atoms. The molecule has 2 unspecified atom stereocenters. The van der Waals surface area contributed by atoms with Crippen molar-refractivity contribution in [1.82, 2.24) is 14.5 Å². The highest BCUT2D eigenvalue weighted by molar-refractivity contribution is 7.86. The predicted octanol–water partition coefficient (Wildman–Crippen LogP) is 6.41. The van der Waals surface area contributed by atoms with Crippen LogP contribution < -0.4 is 4.90 Å². The second-order valence-electron chi connectivity index (χ2n) is 11.6. The molecular formula is C35H38N4O5S. The molecule has 2 aromatic carbocycles. The number of rotatable bonds is 11. The van der Waals surface area contributed by atoms with Crippen molar-refractivity contribution in [1.29, 1.82) is 0 Å². The Morgan fingerprint density at radius 1 is 0.933 bits per heavy atom. The third kappa shape index (κ3) is 7.59. The van der Waals surface area contributed by atoms with Crippen LogP contribution in [0.5, 0.6) is 0 Å². The zero-order valence-electron chi connectivity index (χ0n) is 25.8. The lowest BCUT2D eigenvalue weighted by atomic mass is 10.0. The molecule has 0 amide bonds. The molecule has 2 atom stereocenters. The van der Waals surface area contributed by atoms with E-state index in [-0.39, 0.29) is 11.5 Å². The summed E-state index contributed by atoms with van der Waals surface area (Å²) in [5.41, 5.74) is 6.86. The number of benzene rings is 2. The monoisotopic (exact) mass is 626 g/mol. The average Bonchev–Trinajstić information content (AvgIpc) is 3.48. The Bertz CT molecular complexity index is 1780. The van der Waals surface area contributed by atoms with Crippen LogP contribution in [-0.4, -0.2) is 62.7 Å². The van der Waals surface area contributed by atoms with E-state index in [2.05, 4.69) is 41.4 Å². The van der Waals surface area contributed by atoms with Crippen LogP contribution in [0.2, 0.25) is 0 Å². The normalized spacial score (nSPS) is 16.1. The van der Waals surface area contributed by atoms with Gasteiger partial charge < -0.3 is 18.9 Å². The Labute approximate surface area is 264 Å². The van der Waals surface area contributed by atoms with Gasteiger partial charge in [-0.05, 0) is 68.1 Å². The van der Waals surface area contributed by atoms with Gasteiger partial charge in [-0.3, -0.25) is 4.18 Å². The lowest BCUT2D eigenvalue weighted by Crippen LogP contribution is -2.34. The lowest BCUT2D eigenvalue weighted by Gasteiger charge is -2.28. The summed E-state index contributed by atoms with van der Waals surface area (Å²) in [4.78, 5) is 11.5. The van der Waals surface area contributed by atoms with Crippen LogP contribution in [0.15, 0.2) is 96.3 Å². The standard InChI is InChI=1S/C35H38N4O5S/c1-25-7-14-31(15-8-25)45(40,41)43-24-30(44-35-6-4-5-19-42-35)22-39-18-17-28-20-32(37-33(28)23-39)27-11-9-26(10-12-27)29-13-16-34(36-21-29)38(2)3/h7-18,20-21,23,30,35H,4-6,19,22,24H2,1-3H3. The zero-order chi connectivity index (χ0) is 31.4. The van der Waals surface area contributed by atoms with Crippen LogP contribution >= 0.6 is 0 Å². The second kappa shape index (κ2) is 13.5. The van der Waals surface area contributed by atoms with Crippen LogP contribution in [0.3, 0.4) is 0 Å². The van der Waals surface area contributed by atoms with Crippen molar-refractivity contribution < 1.29 is 22.1 Å². The minimum atomic E-state index is -3.94. The number of aromatic nitrogens is 3. The van der Waals surface area contributed by atoms with Crippen molar-refractivity contribution >= 4 is 15.9 Å². The van der Waals surface area contributed by atoms with Gasteiger partial charge >= 0.3 is 0 Å². The Kier molecular flexibility index (Phi) is 9.27. The lowest BCUT2D eigenvalue weighted by molar-refractivity contribution is -0.195. The van der Waals surface area contributed by atoms with E-state index in [0.717, 1.165) is 64.3 Å². The molecule has 6 rings (SSSR count). The van der Waals surface area contributed by atoms with Crippen molar-refractivity contribution in [2.75, 3.05) is 32.2 Å². The fourth-order valence-electron chi connectivity index (χ4n) is 5.32. The van der Waals surface area contributed by atoms with Gasteiger partial charge in [0.05, 0.1) is 29.4 Å². The van der Waals surface area contributed by atoms with Crippen LogP contribution in [-0.2, 0) is 30.3 Å². The molecule has 9 nitrogen and oxygen atoms in total. The fourth-order valence-corrected chi connectivity index (χ4v) is 6.26. The van der Waals surface area contributed by atoms with Gasteiger partial charge in [0, 0.05) is 56.0 Å². The minimum absolute atomic E-state index is 0.121. The maximum Gasteiger partial charge on any atom is 0.297 e. The highest BCUT2D eigenvalue weighted by Gasteiger charge is 2.24. The first-order valence-corrected chi connectivity index (χ1v) is 16.6. The van der Waals surface area contributed by atoms with Gasteiger partial charge in [-0.2, -0.15) is 8.42 Å². The van der Waals surface area contributed by atoms with Crippen molar-refractivity contribution in [2.24, 2.45) is 0 Å². The highest BCUT2D eigenvalue weighted by Crippen LogP contribution is 2.30. The summed E-state index contributed by atoms with van der Waals surface area (Å²) in [6.07, 6.45) is 7.59. The second-order valence-corrected chi connectivity index (χ2v) is 13.2. The first-order valence-electron chi connectivity index (χ1n) is 15.2. The molecule has 1 saturated heterocycles.